The molecule has 0 aliphatic heterocycles. The first-order valence-corrected chi connectivity index (χ1v) is 6.34. The maximum Gasteiger partial charge on any atom is 0.255 e. The minimum atomic E-state index is -0.715. The van der Waals surface area contributed by atoms with Gasteiger partial charge in [-0.05, 0) is 12.1 Å². The van der Waals surface area contributed by atoms with E-state index in [2.05, 4.69) is 9.97 Å². The van der Waals surface area contributed by atoms with E-state index in [4.69, 9.17) is 38.9 Å². The van der Waals surface area contributed by atoms with Crippen molar-refractivity contribution in [2.24, 2.45) is 5.73 Å². The molecule has 8 heteroatoms. The van der Waals surface area contributed by atoms with Gasteiger partial charge in [-0.2, -0.15) is 10.2 Å². The fourth-order valence-corrected chi connectivity index (χ4v) is 2.05. The molecular formula is C13H8Cl2N4O2. The zero-order valence-electron chi connectivity index (χ0n) is 10.7. The van der Waals surface area contributed by atoms with Crippen LogP contribution >= 0.6 is 23.2 Å². The lowest BCUT2D eigenvalue weighted by atomic mass is 10.1. The fourth-order valence-electron chi connectivity index (χ4n) is 1.64. The van der Waals surface area contributed by atoms with Crippen LogP contribution in [-0.2, 0) is 0 Å². The van der Waals surface area contributed by atoms with Crippen LogP contribution in [0.1, 0.15) is 15.9 Å². The summed E-state index contributed by atoms with van der Waals surface area (Å²) < 4.78 is 5.00. The average Bonchev–Trinajstić information content (AvgIpc) is 2.49. The Hall–Kier alpha value is -2.36. The number of hydrogen-bond acceptors (Lipinski definition) is 5. The number of hydrogen-bond donors (Lipinski definition) is 1. The SMILES string of the molecule is COc1nc(-c2cc(C#N)cc(Cl)c2Cl)ncc1C(N)=O. The van der Waals surface area contributed by atoms with Gasteiger partial charge in [0.05, 0.1) is 28.8 Å². The van der Waals surface area contributed by atoms with Gasteiger partial charge in [-0.1, -0.05) is 23.2 Å². The second-order valence-corrected chi connectivity index (χ2v) is 4.70. The zero-order chi connectivity index (χ0) is 15.6. The molecule has 0 saturated carbocycles. The molecule has 2 rings (SSSR count). The highest BCUT2D eigenvalue weighted by Gasteiger charge is 2.17. The number of carbonyl (C=O) groups excluding carboxylic acids is 1. The zero-order valence-corrected chi connectivity index (χ0v) is 12.2. The molecule has 2 N–H and O–H groups in total. The second-order valence-electron chi connectivity index (χ2n) is 3.91. The van der Waals surface area contributed by atoms with E-state index in [-0.39, 0.29) is 27.3 Å². The average molecular weight is 323 g/mol. The summed E-state index contributed by atoms with van der Waals surface area (Å²) in [5.41, 5.74) is 5.89. The maximum atomic E-state index is 11.2. The summed E-state index contributed by atoms with van der Waals surface area (Å²) in [6, 6.07) is 4.89. The van der Waals surface area contributed by atoms with Crippen LogP contribution < -0.4 is 10.5 Å². The predicted molar refractivity (Wildman–Crippen MR) is 77.3 cm³/mol. The number of nitrogens with zero attached hydrogens (tertiary/aromatic N) is 3. The molecule has 0 radical (unpaired) electrons. The first kappa shape index (κ1) is 15.0. The first-order chi connectivity index (χ1) is 9.97. The highest BCUT2D eigenvalue weighted by molar-refractivity contribution is 6.43. The Morgan fingerprint density at radius 1 is 1.43 bits per heavy atom. The Bertz CT molecular complexity index is 771. The van der Waals surface area contributed by atoms with Gasteiger partial charge in [-0.3, -0.25) is 4.79 Å². The third-order valence-electron chi connectivity index (χ3n) is 2.61. The predicted octanol–water partition coefficient (Wildman–Crippen LogP) is 2.43. The van der Waals surface area contributed by atoms with Crippen molar-refractivity contribution in [3.8, 4) is 23.3 Å². The maximum absolute atomic E-state index is 11.2. The summed E-state index contributed by atoms with van der Waals surface area (Å²) in [7, 11) is 1.35. The summed E-state index contributed by atoms with van der Waals surface area (Å²) in [6.07, 6.45) is 1.23. The van der Waals surface area contributed by atoms with Crippen molar-refractivity contribution < 1.29 is 9.53 Å². The summed E-state index contributed by atoms with van der Waals surface area (Å²) in [5, 5.41) is 9.36. The third kappa shape index (κ3) is 2.89. The van der Waals surface area contributed by atoms with Crippen molar-refractivity contribution in [2.45, 2.75) is 0 Å². The highest BCUT2D eigenvalue weighted by atomic mass is 35.5. The molecule has 0 aliphatic carbocycles. The van der Waals surface area contributed by atoms with Crippen molar-refractivity contribution >= 4 is 29.1 Å². The highest BCUT2D eigenvalue weighted by Crippen LogP contribution is 2.34. The minimum Gasteiger partial charge on any atom is -0.480 e. The van der Waals surface area contributed by atoms with E-state index in [1.54, 1.807) is 0 Å². The normalized spacial score (nSPS) is 10.0. The number of benzene rings is 1. The van der Waals surface area contributed by atoms with E-state index in [1.807, 2.05) is 6.07 Å². The molecule has 21 heavy (non-hydrogen) atoms. The molecule has 0 saturated heterocycles. The van der Waals surface area contributed by atoms with Crippen LogP contribution in [0.25, 0.3) is 11.4 Å². The number of amides is 1. The van der Waals surface area contributed by atoms with Gasteiger partial charge in [0.25, 0.3) is 5.91 Å². The van der Waals surface area contributed by atoms with Gasteiger partial charge in [-0.15, -0.1) is 0 Å². The minimum absolute atomic E-state index is 0.0158. The van der Waals surface area contributed by atoms with Gasteiger partial charge in [-0.25, -0.2) is 4.98 Å². The van der Waals surface area contributed by atoms with Crippen molar-refractivity contribution in [3.63, 3.8) is 0 Å². The Morgan fingerprint density at radius 3 is 2.71 bits per heavy atom. The molecular weight excluding hydrogens is 315 g/mol. The Balaban J connectivity index is 2.65. The van der Waals surface area contributed by atoms with E-state index in [0.29, 0.717) is 11.1 Å². The summed E-state index contributed by atoms with van der Waals surface area (Å²) in [4.78, 5) is 19.3. The molecule has 6 nitrogen and oxygen atoms in total. The van der Waals surface area contributed by atoms with Gasteiger partial charge in [0.2, 0.25) is 5.88 Å². The van der Waals surface area contributed by atoms with E-state index < -0.39 is 5.91 Å². The standard InChI is InChI=1S/C13H8Cl2N4O2/c1-21-13-8(11(17)20)5-18-12(19-13)7-2-6(4-16)3-9(14)10(7)15/h2-3,5H,1H3,(H2,17,20). The van der Waals surface area contributed by atoms with Crippen LogP contribution in [0, 0.1) is 11.3 Å². The monoisotopic (exact) mass is 322 g/mol. The number of primary amides is 1. The number of nitriles is 1. The Labute approximate surface area is 130 Å². The van der Waals surface area contributed by atoms with Gasteiger partial charge in [0, 0.05) is 11.8 Å². The lowest BCUT2D eigenvalue weighted by Crippen LogP contribution is -2.14. The third-order valence-corrected chi connectivity index (χ3v) is 3.41. The van der Waals surface area contributed by atoms with Crippen LogP contribution in [-0.4, -0.2) is 23.0 Å². The molecule has 0 spiro atoms. The van der Waals surface area contributed by atoms with Crippen LogP contribution in [0.4, 0.5) is 0 Å². The number of rotatable bonds is 3. The van der Waals surface area contributed by atoms with Crippen LogP contribution in [0.3, 0.4) is 0 Å². The molecule has 0 fully saturated rings. The van der Waals surface area contributed by atoms with Gasteiger partial charge in [0.1, 0.15) is 5.56 Å². The molecule has 1 aromatic carbocycles. The Morgan fingerprint density at radius 2 is 2.14 bits per heavy atom. The van der Waals surface area contributed by atoms with Crippen LogP contribution in [0.5, 0.6) is 5.88 Å². The fraction of sp³-hybridized carbons (Fsp3) is 0.0769. The second kappa shape index (κ2) is 5.95. The molecule has 106 valence electrons. The van der Waals surface area contributed by atoms with E-state index in [0.717, 1.165) is 0 Å². The molecule has 1 aromatic heterocycles. The molecule has 0 aliphatic rings. The van der Waals surface area contributed by atoms with Crippen molar-refractivity contribution in [2.75, 3.05) is 7.11 Å². The van der Waals surface area contributed by atoms with Crippen LogP contribution in [0.15, 0.2) is 18.3 Å². The van der Waals surface area contributed by atoms with Gasteiger partial charge < -0.3 is 10.5 Å². The first-order valence-electron chi connectivity index (χ1n) is 5.58. The summed E-state index contributed by atoms with van der Waals surface area (Å²) in [6.45, 7) is 0. The number of methoxy groups -OCH3 is 1. The molecule has 0 atom stereocenters. The number of ether oxygens (including phenoxy) is 1. The molecule has 0 bridgehead atoms. The largest absolute Gasteiger partial charge is 0.480 e. The van der Waals surface area contributed by atoms with Gasteiger partial charge in [0.15, 0.2) is 5.82 Å². The summed E-state index contributed by atoms with van der Waals surface area (Å²) in [5.74, 6) is -0.531. The number of halogens is 2. The number of nitrogens with two attached hydrogens (primary N) is 1. The Kier molecular flexibility index (Phi) is 4.26. The van der Waals surface area contributed by atoms with Crippen molar-refractivity contribution in [3.05, 3.63) is 39.5 Å². The summed E-state index contributed by atoms with van der Waals surface area (Å²) >= 11 is 12.1. The lowest BCUT2D eigenvalue weighted by Gasteiger charge is -2.09. The van der Waals surface area contributed by atoms with Crippen molar-refractivity contribution in [1.82, 2.24) is 9.97 Å². The van der Waals surface area contributed by atoms with E-state index >= 15 is 0 Å². The van der Waals surface area contributed by atoms with Crippen LogP contribution in [0.2, 0.25) is 10.0 Å². The topological polar surface area (TPSA) is 102 Å². The molecule has 0 unspecified atom stereocenters. The molecule has 2 aromatic rings. The van der Waals surface area contributed by atoms with Crippen molar-refractivity contribution in [1.29, 1.82) is 5.26 Å². The van der Waals surface area contributed by atoms with E-state index in [9.17, 15) is 4.79 Å². The molecule has 1 amide bonds. The van der Waals surface area contributed by atoms with E-state index in [1.165, 1.54) is 25.4 Å². The lowest BCUT2D eigenvalue weighted by molar-refractivity contribution is 0.0996. The molecule has 1 heterocycles. The smallest absolute Gasteiger partial charge is 0.255 e. The quantitative estimate of drug-likeness (QED) is 0.934. The van der Waals surface area contributed by atoms with Gasteiger partial charge >= 0.3 is 0 Å². The number of aromatic nitrogens is 2. The number of carbonyl (C=O) groups is 1.